The van der Waals surface area contributed by atoms with E-state index in [1.807, 2.05) is 39.8 Å². The van der Waals surface area contributed by atoms with Gasteiger partial charge < -0.3 is 20.3 Å². The monoisotopic (exact) mass is 467 g/mol. The van der Waals surface area contributed by atoms with Crippen molar-refractivity contribution in [1.82, 2.24) is 15.1 Å². The van der Waals surface area contributed by atoms with Crippen LogP contribution >= 0.6 is 0 Å². The Hall–Kier alpha value is -3.71. The normalized spacial score (nSPS) is 17.1. The predicted molar refractivity (Wildman–Crippen MR) is 135 cm³/mol. The minimum absolute atomic E-state index is 0.144. The molecule has 3 aromatic heterocycles. The van der Waals surface area contributed by atoms with Crippen molar-refractivity contribution in [2.45, 2.75) is 52.3 Å². The second kappa shape index (κ2) is 7.92. The van der Waals surface area contributed by atoms with Crippen LogP contribution in [0.25, 0.3) is 11.1 Å². The highest BCUT2D eigenvalue weighted by molar-refractivity contribution is 5.87. The molecule has 3 N–H and O–H groups in total. The molecule has 4 heterocycles. The molecule has 1 fully saturated rings. The molecule has 4 aromatic rings. The third-order valence-electron chi connectivity index (χ3n) is 7.37. The number of anilines is 2. The van der Waals surface area contributed by atoms with Crippen LogP contribution in [0, 0.1) is 33.6 Å². The first-order valence-electron chi connectivity index (χ1n) is 12.1. The standard InChI is InChI=1S/C28H29N5O2/c1-15-13-29-9-7-21(15)28(34,22-8-10-30-14-16(22)2)23-11-20(25-17(3)33-35-18(25)4)12-24-26(23)32-27(31-24)19-5-6-19/h7-14,19,27,31-32,34H,5-6H2,1-4H3. The van der Waals surface area contributed by atoms with E-state index >= 15 is 0 Å². The SMILES string of the molecule is Cc1cnccc1C(O)(c1ccncc1C)c1cc(-c2c(C)noc2C)cc2c1NC(C1CC1)N2. The highest BCUT2D eigenvalue weighted by Crippen LogP contribution is 2.50. The van der Waals surface area contributed by atoms with Crippen molar-refractivity contribution in [2.75, 3.05) is 10.6 Å². The predicted octanol–water partition coefficient (Wildman–Crippen LogP) is 5.22. The lowest BCUT2D eigenvalue weighted by Crippen LogP contribution is -2.32. The Morgan fingerprint density at radius 1 is 0.914 bits per heavy atom. The van der Waals surface area contributed by atoms with Gasteiger partial charge in [-0.1, -0.05) is 5.16 Å². The first-order chi connectivity index (χ1) is 16.9. The summed E-state index contributed by atoms with van der Waals surface area (Å²) in [5.74, 6) is 1.33. The van der Waals surface area contributed by atoms with Crippen molar-refractivity contribution in [3.63, 3.8) is 0 Å². The number of benzene rings is 1. The first-order valence-corrected chi connectivity index (χ1v) is 12.1. The molecule has 6 rings (SSSR count). The number of fused-ring (bicyclic) bond motifs is 1. The Labute approximate surface area is 204 Å². The second-order valence-electron chi connectivity index (χ2n) is 9.84. The Morgan fingerprint density at radius 2 is 1.57 bits per heavy atom. The first kappa shape index (κ1) is 21.8. The van der Waals surface area contributed by atoms with Crippen LogP contribution in [-0.2, 0) is 5.60 Å². The summed E-state index contributed by atoms with van der Waals surface area (Å²) in [5.41, 5.74) is 7.37. The van der Waals surface area contributed by atoms with Gasteiger partial charge in [-0.15, -0.1) is 0 Å². The van der Waals surface area contributed by atoms with Crippen LogP contribution in [-0.4, -0.2) is 26.4 Å². The Balaban J connectivity index is 1.67. The van der Waals surface area contributed by atoms with Crippen molar-refractivity contribution in [3.05, 3.63) is 88.3 Å². The van der Waals surface area contributed by atoms with Gasteiger partial charge >= 0.3 is 0 Å². The number of aromatic nitrogens is 3. The number of aliphatic hydroxyl groups is 1. The molecule has 1 aliphatic heterocycles. The van der Waals surface area contributed by atoms with Crippen molar-refractivity contribution < 1.29 is 9.63 Å². The Morgan fingerprint density at radius 3 is 2.11 bits per heavy atom. The van der Waals surface area contributed by atoms with Gasteiger partial charge in [0.1, 0.15) is 11.4 Å². The van der Waals surface area contributed by atoms with Crippen LogP contribution in [0.2, 0.25) is 0 Å². The van der Waals surface area contributed by atoms with Crippen molar-refractivity contribution >= 4 is 11.4 Å². The van der Waals surface area contributed by atoms with Gasteiger partial charge in [0.15, 0.2) is 0 Å². The largest absolute Gasteiger partial charge is 0.376 e. The molecule has 0 spiro atoms. The zero-order valence-corrected chi connectivity index (χ0v) is 20.4. The van der Waals surface area contributed by atoms with E-state index in [1.54, 1.807) is 24.8 Å². The van der Waals surface area contributed by atoms with E-state index in [-0.39, 0.29) is 6.17 Å². The summed E-state index contributed by atoms with van der Waals surface area (Å²) in [6.07, 6.45) is 9.61. The van der Waals surface area contributed by atoms with Gasteiger partial charge in [0, 0.05) is 35.9 Å². The lowest BCUT2D eigenvalue weighted by molar-refractivity contribution is 0.125. The fourth-order valence-corrected chi connectivity index (χ4v) is 5.45. The van der Waals surface area contributed by atoms with E-state index in [2.05, 4.69) is 37.9 Å². The molecule has 1 saturated carbocycles. The zero-order chi connectivity index (χ0) is 24.3. The fraction of sp³-hybridized carbons (Fsp3) is 0.321. The maximum Gasteiger partial charge on any atom is 0.143 e. The van der Waals surface area contributed by atoms with Gasteiger partial charge in [-0.05, 0) is 98.5 Å². The summed E-state index contributed by atoms with van der Waals surface area (Å²) in [6.45, 7) is 7.85. The number of rotatable bonds is 5. The number of hydrogen-bond acceptors (Lipinski definition) is 7. The van der Waals surface area contributed by atoms with E-state index in [9.17, 15) is 5.11 Å². The van der Waals surface area contributed by atoms with Gasteiger partial charge in [0.05, 0.1) is 23.2 Å². The Bertz CT molecular complexity index is 1370. The third-order valence-corrected chi connectivity index (χ3v) is 7.37. The van der Waals surface area contributed by atoms with Gasteiger partial charge in [0.2, 0.25) is 0 Å². The fourth-order valence-electron chi connectivity index (χ4n) is 5.45. The highest BCUT2D eigenvalue weighted by Gasteiger charge is 2.43. The lowest BCUT2D eigenvalue weighted by Gasteiger charge is -2.34. The molecule has 1 atom stereocenters. The second-order valence-corrected chi connectivity index (χ2v) is 9.84. The van der Waals surface area contributed by atoms with E-state index < -0.39 is 5.60 Å². The van der Waals surface area contributed by atoms with Gasteiger partial charge in [-0.3, -0.25) is 9.97 Å². The third kappa shape index (κ3) is 3.41. The van der Waals surface area contributed by atoms with E-state index in [0.717, 1.165) is 61.8 Å². The summed E-state index contributed by atoms with van der Waals surface area (Å²) < 4.78 is 5.51. The van der Waals surface area contributed by atoms with Crippen LogP contribution in [0.15, 0.2) is 53.6 Å². The molecule has 1 aliphatic carbocycles. The summed E-state index contributed by atoms with van der Waals surface area (Å²) >= 11 is 0. The minimum Gasteiger partial charge on any atom is -0.376 e. The van der Waals surface area contributed by atoms with Crippen molar-refractivity contribution in [2.24, 2.45) is 5.92 Å². The molecular weight excluding hydrogens is 438 g/mol. The molecule has 7 heteroatoms. The average molecular weight is 468 g/mol. The van der Waals surface area contributed by atoms with E-state index in [0.29, 0.717) is 5.92 Å². The summed E-state index contributed by atoms with van der Waals surface area (Å²) in [6, 6.07) is 8.03. The van der Waals surface area contributed by atoms with Gasteiger partial charge in [-0.25, -0.2) is 0 Å². The topological polar surface area (TPSA) is 96.1 Å². The molecule has 0 radical (unpaired) electrons. The molecule has 0 saturated heterocycles. The van der Waals surface area contributed by atoms with Crippen LogP contribution in [0.3, 0.4) is 0 Å². The molecule has 178 valence electrons. The van der Waals surface area contributed by atoms with Crippen molar-refractivity contribution in [3.8, 4) is 11.1 Å². The average Bonchev–Trinajstić information content (AvgIpc) is 3.52. The maximum absolute atomic E-state index is 12.9. The molecule has 0 bridgehead atoms. The molecular formula is C28H29N5O2. The minimum atomic E-state index is -1.44. The zero-order valence-electron chi connectivity index (χ0n) is 20.4. The van der Waals surface area contributed by atoms with Crippen LogP contribution in [0.4, 0.5) is 11.4 Å². The van der Waals surface area contributed by atoms with Crippen molar-refractivity contribution in [1.29, 1.82) is 0 Å². The number of nitrogens with zero attached hydrogens (tertiary/aromatic N) is 3. The molecule has 0 amide bonds. The van der Waals surface area contributed by atoms with Crippen LogP contribution in [0.5, 0.6) is 0 Å². The molecule has 1 unspecified atom stereocenters. The maximum atomic E-state index is 12.9. The van der Waals surface area contributed by atoms with Gasteiger partial charge in [0.25, 0.3) is 0 Å². The summed E-state index contributed by atoms with van der Waals surface area (Å²) in [5, 5.41) is 24.5. The number of aryl methyl sites for hydroxylation is 4. The van der Waals surface area contributed by atoms with Crippen LogP contribution in [0.1, 0.15) is 52.1 Å². The number of nitrogens with one attached hydrogen (secondary N) is 2. The van der Waals surface area contributed by atoms with Gasteiger partial charge in [-0.2, -0.15) is 0 Å². The quantitative estimate of drug-likeness (QED) is 0.370. The lowest BCUT2D eigenvalue weighted by atomic mass is 9.76. The number of pyridine rings is 2. The van der Waals surface area contributed by atoms with Crippen LogP contribution < -0.4 is 10.6 Å². The summed E-state index contributed by atoms with van der Waals surface area (Å²) in [4.78, 5) is 8.59. The highest BCUT2D eigenvalue weighted by atomic mass is 16.5. The van der Waals surface area contributed by atoms with E-state index in [1.165, 1.54) is 12.8 Å². The smallest absolute Gasteiger partial charge is 0.143 e. The van der Waals surface area contributed by atoms with E-state index in [4.69, 9.17) is 4.52 Å². The number of hydrogen-bond donors (Lipinski definition) is 3. The molecule has 2 aliphatic rings. The molecule has 7 nitrogen and oxygen atoms in total. The summed E-state index contributed by atoms with van der Waals surface area (Å²) in [7, 11) is 0. The molecule has 1 aromatic carbocycles. The Kier molecular flexibility index (Phi) is 4.93. The molecule has 35 heavy (non-hydrogen) atoms.